The smallest absolute Gasteiger partial charge is 0.410 e. The molecule has 5 rings (SSSR count). The number of hydrogen-bond donors (Lipinski definition) is 1. The van der Waals surface area contributed by atoms with Gasteiger partial charge in [0.25, 0.3) is 5.91 Å². The maximum atomic E-state index is 14.4. The van der Waals surface area contributed by atoms with Gasteiger partial charge in [-0.25, -0.2) is 4.79 Å². The molecule has 8 heteroatoms. The number of fused-ring (bicyclic) bond motifs is 5. The molecule has 1 aromatic heterocycles. The highest BCUT2D eigenvalue weighted by atomic mass is 16.6. The van der Waals surface area contributed by atoms with E-state index in [4.69, 9.17) is 9.47 Å². The minimum atomic E-state index is -0.489. The van der Waals surface area contributed by atoms with Gasteiger partial charge in [-0.05, 0) is 36.2 Å². The molecule has 0 fully saturated rings. The molecule has 0 aliphatic carbocycles. The van der Waals surface area contributed by atoms with E-state index in [9.17, 15) is 14.7 Å². The van der Waals surface area contributed by atoms with Gasteiger partial charge in [0.15, 0.2) is 0 Å². The van der Waals surface area contributed by atoms with Gasteiger partial charge in [0.1, 0.15) is 11.4 Å². The van der Waals surface area contributed by atoms with Crippen molar-refractivity contribution in [2.24, 2.45) is 13.0 Å². The third kappa shape index (κ3) is 5.71. The van der Waals surface area contributed by atoms with Crippen molar-refractivity contribution in [1.82, 2.24) is 14.4 Å². The number of aliphatic hydroxyl groups excluding tert-OH is 1. The molecule has 0 bridgehead atoms. The van der Waals surface area contributed by atoms with Crippen LogP contribution in [-0.4, -0.2) is 70.4 Å². The molecule has 0 saturated heterocycles. The Morgan fingerprint density at radius 2 is 1.76 bits per heavy atom. The quantitative estimate of drug-likeness (QED) is 0.360. The van der Waals surface area contributed by atoms with Crippen molar-refractivity contribution in [3.63, 3.8) is 0 Å². The van der Waals surface area contributed by atoms with Crippen LogP contribution >= 0.6 is 0 Å². The molecular weight excluding hydrogens is 518 g/mol. The Balaban J connectivity index is 1.55. The highest BCUT2D eigenvalue weighted by Gasteiger charge is 2.34. The van der Waals surface area contributed by atoms with E-state index in [1.807, 2.05) is 92.2 Å². The van der Waals surface area contributed by atoms with Gasteiger partial charge in [-0.2, -0.15) is 0 Å². The van der Waals surface area contributed by atoms with Crippen LogP contribution in [0.15, 0.2) is 78.9 Å². The van der Waals surface area contributed by atoms with Gasteiger partial charge in [0.05, 0.1) is 31.9 Å². The number of ether oxygens (including phenoxy) is 2. The zero-order chi connectivity index (χ0) is 29.1. The van der Waals surface area contributed by atoms with Crippen molar-refractivity contribution in [3.8, 4) is 16.9 Å². The number of rotatable bonds is 5. The maximum Gasteiger partial charge on any atom is 0.415 e. The monoisotopic (exact) mass is 555 g/mol. The maximum absolute atomic E-state index is 14.4. The van der Waals surface area contributed by atoms with Crippen LogP contribution in [-0.2, 0) is 18.4 Å². The van der Waals surface area contributed by atoms with E-state index in [2.05, 4.69) is 0 Å². The number of carbonyl (C=O) groups excluding carboxylic acids is 2. The summed E-state index contributed by atoms with van der Waals surface area (Å²) >= 11 is 0. The average molecular weight is 556 g/mol. The first kappa shape index (κ1) is 28.4. The molecule has 0 saturated carbocycles. The Morgan fingerprint density at radius 3 is 2.51 bits per heavy atom. The van der Waals surface area contributed by atoms with Crippen LogP contribution in [0.2, 0.25) is 0 Å². The van der Waals surface area contributed by atoms with Gasteiger partial charge in [-0.1, -0.05) is 67.6 Å². The summed E-state index contributed by atoms with van der Waals surface area (Å²) in [4.78, 5) is 30.6. The SMILES string of the molecule is C[C@@H]1CN([C@@H](C)CO)C(=O)c2c(c3ccccc3n2C)-c2ccccc2CO[C@@H]1CN(C)C(=O)Oc1ccccc1. The third-order valence-electron chi connectivity index (χ3n) is 7.94. The van der Waals surface area contributed by atoms with Crippen LogP contribution in [0.25, 0.3) is 22.0 Å². The minimum Gasteiger partial charge on any atom is -0.410 e. The molecule has 0 unspecified atom stereocenters. The molecule has 8 nitrogen and oxygen atoms in total. The molecule has 2 amide bonds. The van der Waals surface area contributed by atoms with Crippen LogP contribution in [0.4, 0.5) is 4.79 Å². The van der Waals surface area contributed by atoms with Gasteiger partial charge >= 0.3 is 6.09 Å². The summed E-state index contributed by atoms with van der Waals surface area (Å²) in [7, 11) is 3.60. The number of benzene rings is 3. The van der Waals surface area contributed by atoms with Gasteiger partial charge in [0, 0.05) is 43.0 Å². The normalized spacial score (nSPS) is 18.3. The highest BCUT2D eigenvalue weighted by molar-refractivity contribution is 6.10. The Morgan fingerprint density at radius 1 is 1.07 bits per heavy atom. The summed E-state index contributed by atoms with van der Waals surface area (Å²) in [5.74, 6) is 0.149. The number of aromatic nitrogens is 1. The molecule has 3 atom stereocenters. The average Bonchev–Trinajstić information content (AvgIpc) is 3.28. The van der Waals surface area contributed by atoms with Crippen LogP contribution in [0, 0.1) is 5.92 Å². The van der Waals surface area contributed by atoms with Crippen molar-refractivity contribution < 1.29 is 24.2 Å². The van der Waals surface area contributed by atoms with E-state index in [1.165, 1.54) is 4.90 Å². The van der Waals surface area contributed by atoms with Crippen molar-refractivity contribution in [2.45, 2.75) is 32.6 Å². The summed E-state index contributed by atoms with van der Waals surface area (Å²) in [6, 6.07) is 24.5. The van der Waals surface area contributed by atoms with Crippen molar-refractivity contribution in [1.29, 1.82) is 0 Å². The molecule has 214 valence electrons. The molecular formula is C33H37N3O5. The summed E-state index contributed by atoms with van der Waals surface area (Å²) in [6.45, 7) is 4.59. The predicted molar refractivity (Wildman–Crippen MR) is 159 cm³/mol. The van der Waals surface area contributed by atoms with Crippen molar-refractivity contribution in [2.75, 3.05) is 26.7 Å². The largest absolute Gasteiger partial charge is 0.415 e. The summed E-state index contributed by atoms with van der Waals surface area (Å²) in [5.41, 5.74) is 4.27. The molecule has 0 spiro atoms. The van der Waals surface area contributed by atoms with Crippen LogP contribution < -0.4 is 4.74 Å². The summed E-state index contributed by atoms with van der Waals surface area (Å²) in [5, 5.41) is 11.2. The van der Waals surface area contributed by atoms with Crippen LogP contribution in [0.5, 0.6) is 5.75 Å². The number of para-hydroxylation sites is 2. The molecule has 3 aromatic carbocycles. The van der Waals surface area contributed by atoms with E-state index < -0.39 is 18.2 Å². The van der Waals surface area contributed by atoms with E-state index in [0.29, 0.717) is 24.6 Å². The van der Waals surface area contributed by atoms with Crippen molar-refractivity contribution >= 4 is 22.9 Å². The number of aryl methyl sites for hydroxylation is 1. The number of hydrogen-bond acceptors (Lipinski definition) is 5. The van der Waals surface area contributed by atoms with Gasteiger partial charge in [0.2, 0.25) is 0 Å². The predicted octanol–water partition coefficient (Wildman–Crippen LogP) is 5.33. The fourth-order valence-electron chi connectivity index (χ4n) is 5.54. The molecule has 4 aromatic rings. The first-order valence-corrected chi connectivity index (χ1v) is 14.0. The molecule has 1 aliphatic rings. The second kappa shape index (κ2) is 12.2. The van der Waals surface area contributed by atoms with E-state index in [-0.39, 0.29) is 25.0 Å². The lowest BCUT2D eigenvalue weighted by atomic mass is 9.96. The first-order chi connectivity index (χ1) is 19.8. The Kier molecular flexibility index (Phi) is 8.42. The molecule has 2 heterocycles. The van der Waals surface area contributed by atoms with E-state index in [1.54, 1.807) is 24.1 Å². The zero-order valence-electron chi connectivity index (χ0n) is 24.0. The number of amides is 2. The standard InChI is InChI=1S/C33H37N3O5/c1-22-18-36(23(2)20-37)32(38)31-30(27-16-10-11-17-28(27)35(31)4)26-15-9-8-12-24(26)21-40-29(22)19-34(3)33(39)41-25-13-6-5-7-14-25/h5-17,22-23,29,37H,18-21H2,1-4H3/t22-,23+,29-/m1/s1. The van der Waals surface area contributed by atoms with Crippen molar-refractivity contribution in [3.05, 3.63) is 90.1 Å². The lowest BCUT2D eigenvalue weighted by molar-refractivity contribution is -0.0206. The van der Waals surface area contributed by atoms with Crippen LogP contribution in [0.1, 0.15) is 29.9 Å². The van der Waals surface area contributed by atoms with E-state index in [0.717, 1.165) is 27.6 Å². The Labute approximate surface area is 240 Å². The van der Waals surface area contributed by atoms with Gasteiger partial charge in [-0.3, -0.25) is 4.79 Å². The number of carbonyl (C=O) groups is 2. The molecule has 1 aliphatic heterocycles. The van der Waals surface area contributed by atoms with E-state index >= 15 is 0 Å². The summed E-state index contributed by atoms with van der Waals surface area (Å²) in [6.07, 6.45) is -0.896. The second-order valence-electron chi connectivity index (χ2n) is 10.8. The molecule has 0 radical (unpaired) electrons. The number of likely N-dealkylation sites (N-methyl/N-ethyl adjacent to an activating group) is 1. The lowest BCUT2D eigenvalue weighted by Gasteiger charge is -2.34. The molecule has 1 N–H and O–H groups in total. The fourth-order valence-corrected chi connectivity index (χ4v) is 5.54. The zero-order valence-corrected chi connectivity index (χ0v) is 24.0. The third-order valence-corrected chi connectivity index (χ3v) is 7.94. The van der Waals surface area contributed by atoms with Gasteiger partial charge in [-0.15, -0.1) is 0 Å². The first-order valence-electron chi connectivity index (χ1n) is 14.0. The van der Waals surface area contributed by atoms with Gasteiger partial charge < -0.3 is 28.9 Å². The van der Waals surface area contributed by atoms with Crippen LogP contribution in [0.3, 0.4) is 0 Å². The molecule has 41 heavy (non-hydrogen) atoms. The topological polar surface area (TPSA) is 84.2 Å². The number of aliphatic hydroxyl groups is 1. The lowest BCUT2D eigenvalue weighted by Crippen LogP contribution is -2.48. The Hall–Kier alpha value is -4.14. The summed E-state index contributed by atoms with van der Waals surface area (Å²) < 4.78 is 14.1. The minimum absolute atomic E-state index is 0.153. The Bertz CT molecular complexity index is 1530. The highest BCUT2D eigenvalue weighted by Crippen LogP contribution is 2.38. The fraction of sp³-hybridized carbons (Fsp3) is 0.333. The second-order valence-corrected chi connectivity index (χ2v) is 10.8. The number of nitrogens with zero attached hydrogens (tertiary/aromatic N) is 3.